The van der Waals surface area contributed by atoms with Crippen molar-refractivity contribution >= 4 is 27.9 Å². The molecule has 4 aromatic rings. The zero-order valence-corrected chi connectivity index (χ0v) is 16.4. The Bertz CT molecular complexity index is 1300. The van der Waals surface area contributed by atoms with Crippen molar-refractivity contribution in [2.45, 2.75) is 43.6 Å². The Hall–Kier alpha value is -3.41. The van der Waals surface area contributed by atoms with Crippen LogP contribution in [0.1, 0.15) is 43.6 Å². The fourth-order valence-corrected chi connectivity index (χ4v) is 4.48. The molecule has 2 aromatic carbocycles. The fraction of sp³-hybridized carbons (Fsp3) is 0.292. The van der Waals surface area contributed by atoms with E-state index in [0.717, 1.165) is 23.0 Å². The summed E-state index contributed by atoms with van der Waals surface area (Å²) in [5, 5.41) is 12.1. The summed E-state index contributed by atoms with van der Waals surface area (Å²) in [6.45, 7) is 0. The molecule has 0 atom stereocenters. The third kappa shape index (κ3) is 2.53. The monoisotopic (exact) mass is 399 g/mol. The predicted molar refractivity (Wildman–Crippen MR) is 113 cm³/mol. The van der Waals surface area contributed by atoms with Crippen LogP contribution in [0.4, 0.5) is 0 Å². The van der Waals surface area contributed by atoms with Gasteiger partial charge < -0.3 is 9.84 Å². The van der Waals surface area contributed by atoms with Gasteiger partial charge >= 0.3 is 12.0 Å². The van der Waals surface area contributed by atoms with Gasteiger partial charge in [-0.05, 0) is 67.2 Å². The molecule has 2 fully saturated rings. The number of hydrogen-bond acceptors (Lipinski definition) is 4. The first-order valence-corrected chi connectivity index (χ1v) is 10.4. The fourth-order valence-electron chi connectivity index (χ4n) is 4.48. The molecule has 0 saturated heterocycles. The van der Waals surface area contributed by atoms with Crippen LogP contribution < -0.4 is 4.74 Å². The third-order valence-electron chi connectivity index (χ3n) is 6.43. The molecule has 2 heterocycles. The van der Waals surface area contributed by atoms with E-state index in [4.69, 9.17) is 4.74 Å². The zero-order valence-electron chi connectivity index (χ0n) is 16.4. The summed E-state index contributed by atoms with van der Waals surface area (Å²) in [5.74, 6) is -0.305. The summed E-state index contributed by atoms with van der Waals surface area (Å²) in [7, 11) is 0. The molecule has 2 saturated carbocycles. The van der Waals surface area contributed by atoms with E-state index in [1.165, 1.54) is 23.8 Å². The summed E-state index contributed by atoms with van der Waals surface area (Å²) in [6, 6.07) is 16.8. The van der Waals surface area contributed by atoms with Crippen LogP contribution in [0.2, 0.25) is 0 Å². The van der Waals surface area contributed by atoms with Crippen LogP contribution in [0, 0.1) is 0 Å². The van der Waals surface area contributed by atoms with Gasteiger partial charge in [-0.15, -0.1) is 0 Å². The molecular formula is C24H21N3O3. The van der Waals surface area contributed by atoms with Crippen LogP contribution in [0.5, 0.6) is 6.01 Å². The number of fused-ring (bicyclic) bond motifs is 2. The number of carbonyl (C=O) groups is 1. The topological polar surface area (TPSA) is 77.2 Å². The summed E-state index contributed by atoms with van der Waals surface area (Å²) in [5.41, 5.74) is 2.45. The summed E-state index contributed by atoms with van der Waals surface area (Å²) < 4.78 is 8.04. The molecule has 30 heavy (non-hydrogen) atoms. The second-order valence-corrected chi connectivity index (χ2v) is 8.32. The number of carboxylic acid groups (broad SMARTS) is 1. The number of nitrogens with zero attached hydrogens (tertiary/aromatic N) is 3. The lowest BCUT2D eigenvalue weighted by Crippen LogP contribution is -2.50. The van der Waals surface area contributed by atoms with Gasteiger partial charge in [-0.2, -0.15) is 4.98 Å². The Morgan fingerprint density at radius 2 is 1.87 bits per heavy atom. The number of imidazole rings is 1. The Balaban J connectivity index is 1.60. The first kappa shape index (κ1) is 17.4. The molecule has 6 nitrogen and oxygen atoms in total. The summed E-state index contributed by atoms with van der Waals surface area (Å²) in [4.78, 5) is 20.9. The average Bonchev–Trinajstić information content (AvgIpc) is 3.50. The average molecular weight is 399 g/mol. The van der Waals surface area contributed by atoms with Crippen LogP contribution in [0.15, 0.2) is 54.7 Å². The van der Waals surface area contributed by atoms with Crippen LogP contribution in [-0.2, 0) is 4.79 Å². The Morgan fingerprint density at radius 3 is 2.57 bits per heavy atom. The highest BCUT2D eigenvalue weighted by Gasteiger charge is 2.48. The molecule has 0 bridgehead atoms. The number of pyridine rings is 1. The lowest BCUT2D eigenvalue weighted by Gasteiger charge is -2.37. The number of benzene rings is 2. The van der Waals surface area contributed by atoms with E-state index in [1.54, 1.807) is 6.20 Å². The van der Waals surface area contributed by atoms with Gasteiger partial charge in [0.1, 0.15) is 0 Å². The molecule has 0 amide bonds. The van der Waals surface area contributed by atoms with E-state index in [9.17, 15) is 9.90 Å². The van der Waals surface area contributed by atoms with E-state index in [2.05, 4.69) is 40.3 Å². The lowest BCUT2D eigenvalue weighted by molar-refractivity contribution is -0.164. The largest absolute Gasteiger partial charge is 0.478 e. The number of carboxylic acids is 1. The molecule has 2 aliphatic rings. The quantitative estimate of drug-likeness (QED) is 0.520. The van der Waals surface area contributed by atoms with E-state index >= 15 is 0 Å². The molecule has 150 valence electrons. The summed E-state index contributed by atoms with van der Waals surface area (Å²) in [6.07, 6.45) is 5.96. The molecule has 6 heteroatoms. The SMILES string of the molecule is O=C(O)C1(Oc2nc3ncccc3n2-c2ccc(C3CC3)c3ccccc23)CCC1. The van der Waals surface area contributed by atoms with Crippen molar-refractivity contribution in [2.24, 2.45) is 0 Å². The van der Waals surface area contributed by atoms with Gasteiger partial charge in [-0.1, -0.05) is 30.3 Å². The Kier molecular flexibility index (Phi) is 3.66. The van der Waals surface area contributed by atoms with Gasteiger partial charge in [0.15, 0.2) is 5.65 Å². The van der Waals surface area contributed by atoms with Gasteiger partial charge in [0.25, 0.3) is 0 Å². The number of aromatic nitrogens is 3. The number of rotatable bonds is 5. The van der Waals surface area contributed by atoms with E-state index in [1.807, 2.05) is 22.8 Å². The molecule has 6 rings (SSSR count). The smallest absolute Gasteiger partial charge is 0.348 e. The second-order valence-electron chi connectivity index (χ2n) is 8.32. The maximum absolute atomic E-state index is 11.9. The molecule has 0 spiro atoms. The normalized spacial score (nSPS) is 17.7. The zero-order chi connectivity index (χ0) is 20.3. The van der Waals surface area contributed by atoms with Gasteiger partial charge in [-0.25, -0.2) is 9.78 Å². The van der Waals surface area contributed by atoms with Crippen molar-refractivity contribution in [1.29, 1.82) is 0 Å². The highest BCUT2D eigenvalue weighted by Crippen LogP contribution is 2.45. The van der Waals surface area contributed by atoms with Gasteiger partial charge in [-0.3, -0.25) is 4.57 Å². The first-order chi connectivity index (χ1) is 14.7. The van der Waals surface area contributed by atoms with E-state index < -0.39 is 11.6 Å². The van der Waals surface area contributed by atoms with Crippen molar-refractivity contribution in [3.8, 4) is 11.7 Å². The van der Waals surface area contributed by atoms with Crippen LogP contribution in [-0.4, -0.2) is 31.2 Å². The molecular weight excluding hydrogens is 378 g/mol. The molecule has 2 aliphatic carbocycles. The molecule has 0 radical (unpaired) electrons. The Morgan fingerprint density at radius 1 is 1.07 bits per heavy atom. The highest BCUT2D eigenvalue weighted by atomic mass is 16.5. The van der Waals surface area contributed by atoms with E-state index in [0.29, 0.717) is 24.4 Å². The minimum Gasteiger partial charge on any atom is -0.478 e. The van der Waals surface area contributed by atoms with Gasteiger partial charge in [0.2, 0.25) is 5.60 Å². The standard InChI is InChI=1S/C24H21N3O3/c28-22(29)24(12-4-13-24)30-23-26-21-20(7-3-14-25-21)27(23)19-11-10-16(15-8-9-15)17-5-1-2-6-18(17)19/h1-3,5-7,10-11,14-15H,4,8-9,12-13H2,(H,28,29). The van der Waals surface area contributed by atoms with Crippen LogP contribution >= 0.6 is 0 Å². The van der Waals surface area contributed by atoms with Gasteiger partial charge in [0.05, 0.1) is 11.2 Å². The molecule has 1 N–H and O–H groups in total. The minimum absolute atomic E-state index is 0.287. The highest BCUT2D eigenvalue weighted by molar-refractivity contribution is 5.95. The minimum atomic E-state index is -1.21. The van der Waals surface area contributed by atoms with Gasteiger partial charge in [0, 0.05) is 11.6 Å². The number of hydrogen-bond donors (Lipinski definition) is 1. The van der Waals surface area contributed by atoms with Crippen molar-refractivity contribution in [3.63, 3.8) is 0 Å². The lowest BCUT2D eigenvalue weighted by atomic mass is 9.80. The first-order valence-electron chi connectivity index (χ1n) is 10.4. The van der Waals surface area contributed by atoms with Crippen LogP contribution in [0.3, 0.4) is 0 Å². The van der Waals surface area contributed by atoms with E-state index in [-0.39, 0.29) is 6.01 Å². The second kappa shape index (κ2) is 6.29. The summed E-state index contributed by atoms with van der Waals surface area (Å²) >= 11 is 0. The number of ether oxygens (including phenoxy) is 1. The predicted octanol–water partition coefficient (Wildman–Crippen LogP) is 4.84. The maximum Gasteiger partial charge on any atom is 0.348 e. The molecule has 2 aromatic heterocycles. The molecule has 0 unspecified atom stereocenters. The van der Waals surface area contributed by atoms with Crippen molar-refractivity contribution in [1.82, 2.24) is 14.5 Å². The Labute approximate surface area is 173 Å². The number of aliphatic carboxylic acids is 1. The van der Waals surface area contributed by atoms with Crippen molar-refractivity contribution in [3.05, 3.63) is 60.3 Å². The van der Waals surface area contributed by atoms with Crippen molar-refractivity contribution in [2.75, 3.05) is 0 Å². The molecule has 0 aliphatic heterocycles. The van der Waals surface area contributed by atoms with Crippen LogP contribution in [0.25, 0.3) is 27.6 Å². The van der Waals surface area contributed by atoms with Crippen molar-refractivity contribution < 1.29 is 14.6 Å². The third-order valence-corrected chi connectivity index (χ3v) is 6.43. The maximum atomic E-state index is 11.9.